The highest BCUT2D eigenvalue weighted by Gasteiger charge is 2.14. The molecule has 0 saturated heterocycles. The molecule has 0 aromatic carbocycles. The fraction of sp³-hybridized carbons (Fsp3) is 0.333. The molecule has 0 unspecified atom stereocenters. The molecule has 1 aromatic heterocycles. The second kappa shape index (κ2) is 4.61. The van der Waals surface area contributed by atoms with Gasteiger partial charge in [0.05, 0.1) is 12.8 Å². The van der Waals surface area contributed by atoms with Crippen molar-refractivity contribution in [1.82, 2.24) is 4.98 Å². The maximum Gasteiger partial charge on any atom is 0.322 e. The Labute approximate surface area is 87.4 Å². The number of hydrogen-bond donors (Lipinski definition) is 3. The maximum atomic E-state index is 11.0. The van der Waals surface area contributed by atoms with E-state index in [1.165, 1.54) is 13.3 Å². The van der Waals surface area contributed by atoms with Crippen molar-refractivity contribution in [3.63, 3.8) is 0 Å². The van der Waals surface area contributed by atoms with Gasteiger partial charge < -0.3 is 21.9 Å². The van der Waals surface area contributed by atoms with Crippen LogP contribution in [0.3, 0.4) is 0 Å². The Bertz CT molecular complexity index is 367. The molecule has 0 aliphatic rings. The number of methoxy groups -OCH3 is 1. The van der Waals surface area contributed by atoms with Crippen LogP contribution in [0, 0.1) is 0 Å². The average molecular weight is 210 g/mol. The van der Waals surface area contributed by atoms with Crippen LogP contribution in [0.2, 0.25) is 0 Å². The third-order valence-corrected chi connectivity index (χ3v) is 1.97. The Balaban J connectivity index is 2.73. The van der Waals surface area contributed by atoms with Gasteiger partial charge in [-0.25, -0.2) is 4.98 Å². The number of anilines is 2. The molecule has 6 nitrogen and oxygen atoms in total. The third-order valence-electron chi connectivity index (χ3n) is 1.97. The summed E-state index contributed by atoms with van der Waals surface area (Å²) in [7, 11) is 1.29. The van der Waals surface area contributed by atoms with Crippen LogP contribution in [-0.2, 0) is 16.0 Å². The molecule has 0 aliphatic heterocycles. The average Bonchev–Trinajstić information content (AvgIpc) is 2.22. The molecule has 6 N–H and O–H groups in total. The van der Waals surface area contributed by atoms with E-state index in [1.54, 1.807) is 6.07 Å². The van der Waals surface area contributed by atoms with Crippen LogP contribution >= 0.6 is 0 Å². The lowest BCUT2D eigenvalue weighted by atomic mass is 10.1. The van der Waals surface area contributed by atoms with E-state index >= 15 is 0 Å². The minimum absolute atomic E-state index is 0.269. The number of nitrogens with two attached hydrogens (primary N) is 3. The van der Waals surface area contributed by atoms with Gasteiger partial charge in [0, 0.05) is 6.20 Å². The van der Waals surface area contributed by atoms with Gasteiger partial charge in [0.15, 0.2) is 0 Å². The zero-order valence-corrected chi connectivity index (χ0v) is 8.43. The van der Waals surface area contributed by atoms with Crippen LogP contribution in [0.4, 0.5) is 11.5 Å². The van der Waals surface area contributed by atoms with E-state index in [0.29, 0.717) is 12.1 Å². The summed E-state index contributed by atoms with van der Waals surface area (Å²) in [6, 6.07) is 0.935. The summed E-state index contributed by atoms with van der Waals surface area (Å²) in [5.74, 6) is -0.198. The van der Waals surface area contributed by atoms with E-state index in [1.807, 2.05) is 0 Å². The highest BCUT2D eigenvalue weighted by molar-refractivity contribution is 5.75. The van der Waals surface area contributed by atoms with Crippen molar-refractivity contribution in [2.24, 2.45) is 5.73 Å². The molecule has 0 bridgehead atoms. The number of carbonyl (C=O) groups excluding carboxylic acids is 1. The van der Waals surface area contributed by atoms with Gasteiger partial charge in [0.1, 0.15) is 11.9 Å². The minimum atomic E-state index is -0.708. The zero-order chi connectivity index (χ0) is 11.4. The summed E-state index contributed by atoms with van der Waals surface area (Å²) < 4.78 is 4.50. The van der Waals surface area contributed by atoms with Gasteiger partial charge in [-0.3, -0.25) is 4.79 Å². The Morgan fingerprint density at radius 1 is 1.60 bits per heavy atom. The van der Waals surface area contributed by atoms with Crippen molar-refractivity contribution in [3.8, 4) is 0 Å². The lowest BCUT2D eigenvalue weighted by molar-refractivity contribution is -0.142. The number of aromatic nitrogens is 1. The zero-order valence-electron chi connectivity index (χ0n) is 8.43. The molecule has 1 rings (SSSR count). The number of pyridine rings is 1. The van der Waals surface area contributed by atoms with Crippen molar-refractivity contribution in [2.75, 3.05) is 18.6 Å². The molecule has 6 heteroatoms. The fourth-order valence-corrected chi connectivity index (χ4v) is 1.14. The first-order chi connectivity index (χ1) is 7.04. The molecule has 82 valence electrons. The second-order valence-corrected chi connectivity index (χ2v) is 3.15. The van der Waals surface area contributed by atoms with Crippen molar-refractivity contribution in [3.05, 3.63) is 17.8 Å². The summed E-state index contributed by atoms with van der Waals surface area (Å²) in [5, 5.41) is 0. The molecular weight excluding hydrogens is 196 g/mol. The first-order valence-corrected chi connectivity index (χ1v) is 4.38. The summed E-state index contributed by atoms with van der Waals surface area (Å²) in [6.07, 6.45) is 1.86. The van der Waals surface area contributed by atoms with Gasteiger partial charge in [0.25, 0.3) is 0 Å². The third kappa shape index (κ3) is 2.81. The van der Waals surface area contributed by atoms with Crippen molar-refractivity contribution in [2.45, 2.75) is 12.5 Å². The summed E-state index contributed by atoms with van der Waals surface area (Å²) in [4.78, 5) is 14.9. The van der Waals surface area contributed by atoms with Crippen molar-refractivity contribution in [1.29, 1.82) is 0 Å². The quantitative estimate of drug-likeness (QED) is 0.567. The van der Waals surface area contributed by atoms with E-state index < -0.39 is 12.0 Å². The molecule has 1 aromatic rings. The predicted octanol–water partition coefficient (Wildman–Crippen LogP) is -0.711. The number of rotatable bonds is 3. The van der Waals surface area contributed by atoms with Gasteiger partial charge in [-0.2, -0.15) is 0 Å². The molecule has 0 spiro atoms. The summed E-state index contributed by atoms with van der Waals surface area (Å²) in [6.45, 7) is 0. The van der Waals surface area contributed by atoms with Crippen LogP contribution in [0.15, 0.2) is 12.3 Å². The lowest BCUT2D eigenvalue weighted by Gasteiger charge is -2.09. The van der Waals surface area contributed by atoms with Gasteiger partial charge in [-0.1, -0.05) is 0 Å². The van der Waals surface area contributed by atoms with E-state index in [4.69, 9.17) is 17.2 Å². The van der Waals surface area contributed by atoms with E-state index in [0.717, 1.165) is 5.56 Å². The topological polar surface area (TPSA) is 117 Å². The number of nitrogen functional groups attached to an aromatic ring is 2. The number of ether oxygens (including phenoxy) is 1. The Morgan fingerprint density at radius 3 is 2.80 bits per heavy atom. The molecule has 0 amide bonds. The highest BCUT2D eigenvalue weighted by atomic mass is 16.5. The molecule has 0 radical (unpaired) electrons. The van der Waals surface area contributed by atoms with Crippen LogP contribution in [0.25, 0.3) is 0 Å². The van der Waals surface area contributed by atoms with Gasteiger partial charge in [-0.15, -0.1) is 0 Å². The largest absolute Gasteiger partial charge is 0.468 e. The number of carbonyl (C=O) groups is 1. The Morgan fingerprint density at radius 2 is 2.27 bits per heavy atom. The van der Waals surface area contributed by atoms with Gasteiger partial charge in [0.2, 0.25) is 0 Å². The van der Waals surface area contributed by atoms with Crippen molar-refractivity contribution < 1.29 is 9.53 Å². The number of hydrogen-bond acceptors (Lipinski definition) is 6. The van der Waals surface area contributed by atoms with Gasteiger partial charge in [-0.05, 0) is 18.1 Å². The van der Waals surface area contributed by atoms with Crippen LogP contribution in [0.1, 0.15) is 5.56 Å². The monoisotopic (exact) mass is 210 g/mol. The minimum Gasteiger partial charge on any atom is -0.468 e. The van der Waals surface area contributed by atoms with Crippen molar-refractivity contribution >= 4 is 17.5 Å². The Hall–Kier alpha value is -1.82. The molecular formula is C9H14N4O2. The predicted molar refractivity (Wildman–Crippen MR) is 56.8 cm³/mol. The Kier molecular flexibility index (Phi) is 3.46. The smallest absolute Gasteiger partial charge is 0.322 e. The molecule has 1 atom stereocenters. The SMILES string of the molecule is COC(=O)[C@H](N)Cc1cnc(N)c(N)c1. The molecule has 0 saturated carbocycles. The van der Waals surface area contributed by atoms with Crippen LogP contribution in [-0.4, -0.2) is 24.1 Å². The second-order valence-electron chi connectivity index (χ2n) is 3.15. The normalized spacial score (nSPS) is 12.1. The van der Waals surface area contributed by atoms with E-state index in [-0.39, 0.29) is 5.82 Å². The standard InChI is InChI=1S/C9H14N4O2/c1-15-9(14)7(11)3-5-2-6(10)8(12)13-4-5/h2,4,7H,3,10-11H2,1H3,(H2,12,13)/t7-/m1/s1. The fourth-order valence-electron chi connectivity index (χ4n) is 1.14. The molecule has 0 aliphatic carbocycles. The molecule has 0 fully saturated rings. The van der Waals surface area contributed by atoms with E-state index in [9.17, 15) is 4.79 Å². The summed E-state index contributed by atoms with van der Waals surface area (Å²) >= 11 is 0. The number of esters is 1. The van der Waals surface area contributed by atoms with Gasteiger partial charge >= 0.3 is 5.97 Å². The molecule has 1 heterocycles. The first-order valence-electron chi connectivity index (χ1n) is 4.38. The van der Waals surface area contributed by atoms with Crippen LogP contribution < -0.4 is 17.2 Å². The van der Waals surface area contributed by atoms with Crippen LogP contribution in [0.5, 0.6) is 0 Å². The highest BCUT2D eigenvalue weighted by Crippen LogP contribution is 2.13. The maximum absolute atomic E-state index is 11.0. The summed E-state index contributed by atoms with van der Waals surface area (Å²) in [5.41, 5.74) is 17.7. The lowest BCUT2D eigenvalue weighted by Crippen LogP contribution is -2.33. The first kappa shape index (κ1) is 11.3. The molecule has 15 heavy (non-hydrogen) atoms. The van der Waals surface area contributed by atoms with E-state index in [2.05, 4.69) is 9.72 Å². The number of nitrogens with zero attached hydrogens (tertiary/aromatic N) is 1.